The van der Waals surface area contributed by atoms with Crippen molar-refractivity contribution < 1.29 is 5.11 Å². The summed E-state index contributed by atoms with van der Waals surface area (Å²) in [7, 11) is 0. The van der Waals surface area contributed by atoms with Crippen LogP contribution >= 0.6 is 11.6 Å². The van der Waals surface area contributed by atoms with Gasteiger partial charge >= 0.3 is 0 Å². The molecular weight excluding hydrogens is 188 g/mol. The number of phenols is 1. The van der Waals surface area contributed by atoms with Gasteiger partial charge in [-0.15, -0.1) is 0 Å². The first kappa shape index (κ1) is 8.38. The van der Waals surface area contributed by atoms with E-state index in [4.69, 9.17) is 11.6 Å². The molecule has 2 rings (SSSR count). The second kappa shape index (κ2) is 3.26. The molecule has 0 spiro atoms. The van der Waals surface area contributed by atoms with Crippen molar-refractivity contribution in [3.05, 3.63) is 28.8 Å². The van der Waals surface area contributed by atoms with Crippen LogP contribution in [-0.4, -0.2) is 18.0 Å². The van der Waals surface area contributed by atoms with E-state index in [2.05, 4.69) is 10.3 Å². The molecule has 0 fully saturated rings. The molecule has 1 aliphatic rings. The van der Waals surface area contributed by atoms with Crippen LogP contribution in [0, 0.1) is 0 Å². The lowest BCUT2D eigenvalue weighted by atomic mass is 10.1. The predicted molar refractivity (Wildman–Crippen MR) is 52.4 cm³/mol. The van der Waals surface area contributed by atoms with Crippen molar-refractivity contribution in [2.75, 3.05) is 6.54 Å². The van der Waals surface area contributed by atoms with Gasteiger partial charge in [-0.25, -0.2) is 0 Å². The zero-order valence-electron chi connectivity index (χ0n) is 6.87. The van der Waals surface area contributed by atoms with E-state index in [1.807, 2.05) is 6.07 Å². The molecule has 0 saturated carbocycles. The van der Waals surface area contributed by atoms with Gasteiger partial charge < -0.3 is 10.4 Å². The van der Waals surface area contributed by atoms with Crippen LogP contribution in [-0.2, 0) is 0 Å². The Morgan fingerprint density at radius 1 is 1.54 bits per heavy atom. The van der Waals surface area contributed by atoms with E-state index in [0.29, 0.717) is 11.6 Å². The van der Waals surface area contributed by atoms with Gasteiger partial charge in [0.2, 0.25) is 0 Å². The summed E-state index contributed by atoms with van der Waals surface area (Å²) in [6.45, 7) is 0.662. The van der Waals surface area contributed by atoms with Crippen LogP contribution in [0.3, 0.4) is 0 Å². The van der Waals surface area contributed by atoms with Crippen LogP contribution in [0.4, 0.5) is 0 Å². The van der Waals surface area contributed by atoms with Gasteiger partial charge in [-0.2, -0.15) is 0 Å². The third-order valence-electron chi connectivity index (χ3n) is 2.02. The fraction of sp³-hybridized carbons (Fsp3) is 0.222. The zero-order valence-corrected chi connectivity index (χ0v) is 7.62. The molecule has 4 heteroatoms. The molecule has 1 aliphatic heterocycles. The Morgan fingerprint density at radius 2 is 2.38 bits per heavy atom. The Kier molecular flexibility index (Phi) is 2.10. The van der Waals surface area contributed by atoms with Crippen molar-refractivity contribution in [1.29, 1.82) is 0 Å². The SMILES string of the molecule is Oc1cc(Cl)ccc1C1CN=CN1. The number of nitrogens with zero attached hydrogens (tertiary/aromatic N) is 1. The van der Waals surface area contributed by atoms with Crippen molar-refractivity contribution in [1.82, 2.24) is 5.32 Å². The number of hydrogen-bond acceptors (Lipinski definition) is 3. The summed E-state index contributed by atoms with van der Waals surface area (Å²) < 4.78 is 0. The Morgan fingerprint density at radius 3 is 3.00 bits per heavy atom. The Balaban J connectivity index is 2.30. The topological polar surface area (TPSA) is 44.6 Å². The number of rotatable bonds is 1. The maximum absolute atomic E-state index is 9.57. The third-order valence-corrected chi connectivity index (χ3v) is 2.26. The van der Waals surface area contributed by atoms with Crippen molar-refractivity contribution in [2.45, 2.75) is 6.04 Å². The van der Waals surface area contributed by atoms with Crippen LogP contribution in [0.5, 0.6) is 5.75 Å². The molecule has 2 N–H and O–H groups in total. The van der Waals surface area contributed by atoms with E-state index in [-0.39, 0.29) is 11.8 Å². The van der Waals surface area contributed by atoms with Gasteiger partial charge in [0.05, 0.1) is 18.9 Å². The van der Waals surface area contributed by atoms with E-state index in [1.165, 1.54) is 6.07 Å². The highest BCUT2D eigenvalue weighted by atomic mass is 35.5. The van der Waals surface area contributed by atoms with E-state index in [0.717, 1.165) is 5.56 Å². The highest BCUT2D eigenvalue weighted by Gasteiger charge is 2.16. The first-order valence-corrected chi connectivity index (χ1v) is 4.38. The second-order valence-corrected chi connectivity index (χ2v) is 3.35. The number of aromatic hydroxyl groups is 1. The largest absolute Gasteiger partial charge is 0.508 e. The summed E-state index contributed by atoms with van der Waals surface area (Å²) >= 11 is 5.71. The molecule has 0 saturated heterocycles. The molecule has 3 nitrogen and oxygen atoms in total. The molecule has 0 aromatic heterocycles. The summed E-state index contributed by atoms with van der Waals surface area (Å²) in [5.41, 5.74) is 0.835. The van der Waals surface area contributed by atoms with Crippen LogP contribution in [0.25, 0.3) is 0 Å². The van der Waals surface area contributed by atoms with Crippen LogP contribution < -0.4 is 5.32 Å². The van der Waals surface area contributed by atoms with Crippen molar-refractivity contribution in [3.63, 3.8) is 0 Å². The highest BCUT2D eigenvalue weighted by molar-refractivity contribution is 6.30. The highest BCUT2D eigenvalue weighted by Crippen LogP contribution is 2.28. The zero-order chi connectivity index (χ0) is 9.26. The Hall–Kier alpha value is -1.22. The summed E-state index contributed by atoms with van der Waals surface area (Å²) in [5.74, 6) is 0.218. The average molecular weight is 197 g/mol. The smallest absolute Gasteiger partial charge is 0.122 e. The van der Waals surface area contributed by atoms with Crippen LogP contribution in [0.15, 0.2) is 23.2 Å². The van der Waals surface area contributed by atoms with Crippen molar-refractivity contribution in [3.8, 4) is 5.75 Å². The minimum atomic E-state index is 0.0808. The van der Waals surface area contributed by atoms with Crippen molar-refractivity contribution >= 4 is 17.9 Å². The molecule has 68 valence electrons. The average Bonchev–Trinajstić information content (AvgIpc) is 2.56. The molecule has 0 amide bonds. The first-order valence-electron chi connectivity index (χ1n) is 4.00. The minimum absolute atomic E-state index is 0.0808. The van der Waals surface area contributed by atoms with Gasteiger partial charge in [-0.3, -0.25) is 4.99 Å². The monoisotopic (exact) mass is 196 g/mol. The van der Waals surface area contributed by atoms with Gasteiger partial charge in [0.25, 0.3) is 0 Å². The molecule has 0 radical (unpaired) electrons. The van der Waals surface area contributed by atoms with E-state index in [9.17, 15) is 5.11 Å². The summed E-state index contributed by atoms with van der Waals surface area (Å²) in [6, 6.07) is 5.19. The van der Waals surface area contributed by atoms with Gasteiger partial charge in [-0.1, -0.05) is 17.7 Å². The number of phenolic OH excluding ortho intramolecular Hbond substituents is 1. The number of nitrogens with one attached hydrogen (secondary N) is 1. The lowest BCUT2D eigenvalue weighted by molar-refractivity contribution is 0.460. The fourth-order valence-electron chi connectivity index (χ4n) is 1.35. The third kappa shape index (κ3) is 1.60. The molecule has 13 heavy (non-hydrogen) atoms. The Bertz CT molecular complexity index is 343. The molecule has 1 aromatic carbocycles. The summed E-state index contributed by atoms with van der Waals surface area (Å²) in [5, 5.41) is 13.2. The lowest BCUT2D eigenvalue weighted by Crippen LogP contribution is -2.15. The lowest BCUT2D eigenvalue weighted by Gasteiger charge is -2.11. The number of benzene rings is 1. The molecule has 0 aliphatic carbocycles. The number of hydrogen-bond donors (Lipinski definition) is 2. The number of aliphatic imine (C=N–C) groups is 1. The van der Waals surface area contributed by atoms with Crippen LogP contribution in [0.2, 0.25) is 5.02 Å². The maximum atomic E-state index is 9.57. The molecule has 1 heterocycles. The molecule has 0 bridgehead atoms. The quantitative estimate of drug-likeness (QED) is 0.719. The summed E-state index contributed by atoms with van der Waals surface area (Å²) in [4.78, 5) is 4.02. The molecule has 1 atom stereocenters. The van der Waals surface area contributed by atoms with E-state index < -0.39 is 0 Å². The second-order valence-electron chi connectivity index (χ2n) is 2.92. The predicted octanol–water partition coefficient (Wildman–Crippen LogP) is 1.72. The minimum Gasteiger partial charge on any atom is -0.508 e. The standard InChI is InChI=1S/C9H9ClN2O/c10-6-1-2-7(9(13)3-6)8-4-11-5-12-8/h1-3,5,8,13H,4H2,(H,11,12). The van der Waals surface area contributed by atoms with E-state index >= 15 is 0 Å². The van der Waals surface area contributed by atoms with Gasteiger partial charge in [0.1, 0.15) is 5.75 Å². The van der Waals surface area contributed by atoms with Gasteiger partial charge in [0.15, 0.2) is 0 Å². The van der Waals surface area contributed by atoms with Gasteiger partial charge in [-0.05, 0) is 12.1 Å². The summed E-state index contributed by atoms with van der Waals surface area (Å²) in [6.07, 6.45) is 1.65. The number of halogens is 1. The fourth-order valence-corrected chi connectivity index (χ4v) is 1.52. The van der Waals surface area contributed by atoms with Crippen LogP contribution in [0.1, 0.15) is 11.6 Å². The maximum Gasteiger partial charge on any atom is 0.122 e. The molecular formula is C9H9ClN2O. The van der Waals surface area contributed by atoms with Crippen molar-refractivity contribution in [2.24, 2.45) is 4.99 Å². The molecule has 1 aromatic rings. The Labute approximate surface area is 81.1 Å². The normalized spacial score (nSPS) is 20.2. The molecule has 1 unspecified atom stereocenters. The van der Waals surface area contributed by atoms with E-state index in [1.54, 1.807) is 12.4 Å². The van der Waals surface area contributed by atoms with Gasteiger partial charge in [0, 0.05) is 10.6 Å². The first-order chi connectivity index (χ1) is 6.27.